The number of hydrogen-bond donors (Lipinski definition) is 3. The number of halogens is 1. The number of nitrogens with one attached hydrogen (secondary N) is 1. The number of benzene rings is 1. The summed E-state index contributed by atoms with van der Waals surface area (Å²) < 4.78 is 24.7. The molecule has 3 heterocycles. The third-order valence-corrected chi connectivity index (χ3v) is 5.24. The molecule has 158 valence electrons. The van der Waals surface area contributed by atoms with Gasteiger partial charge in [-0.15, -0.1) is 0 Å². The van der Waals surface area contributed by atoms with Crippen LogP contribution in [0, 0.1) is 5.82 Å². The number of primary amides is 1. The zero-order valence-corrected chi connectivity index (χ0v) is 16.5. The fourth-order valence-corrected chi connectivity index (χ4v) is 3.77. The number of ether oxygens (including phenoxy) is 1. The maximum atomic E-state index is 15.2. The number of aromatic nitrogens is 3. The van der Waals surface area contributed by atoms with Crippen LogP contribution in [0.15, 0.2) is 29.7 Å². The van der Waals surface area contributed by atoms with Gasteiger partial charge < -0.3 is 30.7 Å². The van der Waals surface area contributed by atoms with Crippen LogP contribution in [-0.2, 0) is 17.8 Å². The summed E-state index contributed by atoms with van der Waals surface area (Å²) in [4.78, 5) is 28.3. The van der Waals surface area contributed by atoms with E-state index in [9.17, 15) is 9.59 Å². The largest absolute Gasteiger partial charge is 0.487 e. The Morgan fingerprint density at radius 2 is 2.27 bits per heavy atom. The molecule has 0 radical (unpaired) electrons. The second-order valence-electron chi connectivity index (χ2n) is 7.43. The molecule has 1 aliphatic heterocycles. The van der Waals surface area contributed by atoms with E-state index in [1.807, 2.05) is 17.7 Å². The van der Waals surface area contributed by atoms with E-state index < -0.39 is 17.2 Å². The fourth-order valence-electron chi connectivity index (χ4n) is 3.77. The van der Waals surface area contributed by atoms with Crippen molar-refractivity contribution in [3.63, 3.8) is 0 Å². The van der Waals surface area contributed by atoms with Gasteiger partial charge in [0.15, 0.2) is 17.0 Å². The van der Waals surface area contributed by atoms with E-state index in [1.165, 1.54) is 0 Å². The maximum Gasteiger partial charge on any atom is 0.222 e. The van der Waals surface area contributed by atoms with Gasteiger partial charge in [-0.2, -0.15) is 0 Å². The number of amides is 1. The Bertz CT molecular complexity index is 1170. The number of nitrogens with zero attached hydrogens (tertiary/aromatic N) is 3. The highest BCUT2D eigenvalue weighted by Crippen LogP contribution is 2.43. The number of imidazole rings is 1. The van der Waals surface area contributed by atoms with Crippen LogP contribution in [-0.4, -0.2) is 33.2 Å². The van der Waals surface area contributed by atoms with Crippen LogP contribution in [0.2, 0.25) is 0 Å². The lowest BCUT2D eigenvalue weighted by Crippen LogP contribution is -2.28. The topological polar surface area (TPSA) is 130 Å². The minimum atomic E-state index is -0.741. The molecule has 10 heteroatoms. The monoisotopic (exact) mass is 414 g/mol. The van der Waals surface area contributed by atoms with Gasteiger partial charge in [-0.25, -0.2) is 9.37 Å². The van der Waals surface area contributed by atoms with Crippen LogP contribution in [0.1, 0.15) is 24.9 Å². The van der Waals surface area contributed by atoms with Gasteiger partial charge in [0.2, 0.25) is 5.91 Å². The van der Waals surface area contributed by atoms with Gasteiger partial charge >= 0.3 is 0 Å². The van der Waals surface area contributed by atoms with Crippen LogP contribution >= 0.6 is 0 Å². The Labute approximate surface area is 171 Å². The first-order valence-corrected chi connectivity index (χ1v) is 9.67. The predicted octanol–water partition coefficient (Wildman–Crippen LogP) is 1.40. The summed E-state index contributed by atoms with van der Waals surface area (Å²) in [6, 6.07) is -0.133. The molecule has 3 aromatic rings. The van der Waals surface area contributed by atoms with Gasteiger partial charge in [-0.3, -0.25) is 9.59 Å². The third-order valence-electron chi connectivity index (χ3n) is 5.24. The molecule has 9 nitrogen and oxygen atoms in total. The molecule has 5 N–H and O–H groups in total. The molecule has 0 saturated heterocycles. The average molecular weight is 414 g/mol. The minimum Gasteiger partial charge on any atom is -0.487 e. The molecule has 1 aliphatic rings. The molecule has 0 bridgehead atoms. The molecule has 0 aliphatic carbocycles. The summed E-state index contributed by atoms with van der Waals surface area (Å²) in [5.74, 6) is -1.14. The van der Waals surface area contributed by atoms with Crippen molar-refractivity contribution in [1.29, 1.82) is 0 Å². The number of nitrogens with two attached hydrogens (primary N) is 2. The van der Waals surface area contributed by atoms with Crippen molar-refractivity contribution in [3.05, 3.63) is 46.5 Å². The highest BCUT2D eigenvalue weighted by molar-refractivity contribution is 6.00. The van der Waals surface area contributed by atoms with E-state index in [2.05, 4.69) is 10.3 Å². The highest BCUT2D eigenvalue weighted by atomic mass is 19.1. The lowest BCUT2D eigenvalue weighted by Gasteiger charge is -2.29. The smallest absolute Gasteiger partial charge is 0.222 e. The van der Waals surface area contributed by atoms with Crippen molar-refractivity contribution in [2.45, 2.75) is 32.4 Å². The van der Waals surface area contributed by atoms with Crippen molar-refractivity contribution in [1.82, 2.24) is 14.1 Å². The van der Waals surface area contributed by atoms with Crippen molar-refractivity contribution >= 4 is 28.2 Å². The van der Waals surface area contributed by atoms with E-state index in [0.29, 0.717) is 25.0 Å². The number of aryl methyl sites for hydroxylation is 1. The van der Waals surface area contributed by atoms with Crippen LogP contribution in [0.4, 0.5) is 15.8 Å². The first-order valence-electron chi connectivity index (χ1n) is 9.67. The molecular weight excluding hydrogens is 391 g/mol. The Kier molecular flexibility index (Phi) is 5.06. The van der Waals surface area contributed by atoms with Gasteiger partial charge in [0.05, 0.1) is 35.4 Å². The molecule has 0 fully saturated rings. The molecule has 2 aromatic heterocycles. The Balaban J connectivity index is 1.77. The lowest BCUT2D eigenvalue weighted by atomic mass is 10.0. The molecule has 1 atom stereocenters. The number of nitrogen functional groups attached to an aromatic ring is 1. The van der Waals surface area contributed by atoms with Crippen molar-refractivity contribution in [2.24, 2.45) is 5.73 Å². The van der Waals surface area contributed by atoms with Gasteiger partial charge in [0, 0.05) is 37.2 Å². The molecule has 0 unspecified atom stereocenters. The number of carbonyl (C=O) groups is 1. The summed E-state index contributed by atoms with van der Waals surface area (Å²) in [5, 5.41) is 3.08. The quantitative estimate of drug-likeness (QED) is 0.396. The van der Waals surface area contributed by atoms with Gasteiger partial charge in [-0.05, 0) is 13.3 Å². The van der Waals surface area contributed by atoms with Crippen LogP contribution in [0.5, 0.6) is 5.75 Å². The number of pyridine rings is 1. The van der Waals surface area contributed by atoms with Gasteiger partial charge in [0.1, 0.15) is 12.3 Å². The Morgan fingerprint density at radius 1 is 1.47 bits per heavy atom. The van der Waals surface area contributed by atoms with E-state index in [4.69, 9.17) is 16.2 Å². The van der Waals surface area contributed by atoms with Crippen LogP contribution < -0.4 is 26.9 Å². The first-order chi connectivity index (χ1) is 14.4. The molecule has 0 saturated carbocycles. The molecule has 4 rings (SSSR count). The van der Waals surface area contributed by atoms with E-state index in [0.717, 1.165) is 0 Å². The molecule has 1 amide bonds. The number of hydrogen-bond acceptors (Lipinski definition) is 6. The molecular formula is C20H23FN6O3. The van der Waals surface area contributed by atoms with Gasteiger partial charge in [-0.1, -0.05) is 0 Å². The molecule has 1 aromatic carbocycles. The van der Waals surface area contributed by atoms with Crippen molar-refractivity contribution in [3.8, 4) is 5.75 Å². The van der Waals surface area contributed by atoms with E-state index >= 15 is 4.39 Å². The Morgan fingerprint density at radius 3 is 2.97 bits per heavy atom. The van der Waals surface area contributed by atoms with Crippen LogP contribution in [0.25, 0.3) is 10.9 Å². The second kappa shape index (κ2) is 7.69. The Hall–Kier alpha value is -3.56. The van der Waals surface area contributed by atoms with Crippen LogP contribution in [0.3, 0.4) is 0 Å². The molecule has 0 spiro atoms. The summed E-state index contributed by atoms with van der Waals surface area (Å²) >= 11 is 0. The number of anilines is 2. The van der Waals surface area contributed by atoms with E-state index in [-0.39, 0.29) is 47.1 Å². The summed E-state index contributed by atoms with van der Waals surface area (Å²) in [5.41, 5.74) is 11.3. The zero-order valence-electron chi connectivity index (χ0n) is 16.5. The third kappa shape index (κ3) is 3.34. The maximum absolute atomic E-state index is 15.2. The minimum absolute atomic E-state index is 0.0109. The lowest BCUT2D eigenvalue weighted by molar-refractivity contribution is -0.117. The standard InChI is InChI=1S/C20H23FN6O3/c1-11-9-30-20-17(25-3-2-5-26-6-4-24-10-26)15(21)16(23)14-18(20)27(11)8-12(19(14)29)7-13(22)28/h4,6,8,10-11,25H,2-3,5,7,9,23H2,1H3,(H2,22,28)/t11-/m0/s1. The zero-order chi connectivity index (χ0) is 21.4. The second-order valence-corrected chi connectivity index (χ2v) is 7.43. The van der Waals surface area contributed by atoms with Crippen molar-refractivity contribution in [2.75, 3.05) is 24.2 Å². The summed E-state index contributed by atoms with van der Waals surface area (Å²) in [6.45, 7) is 3.37. The fraction of sp³-hybridized carbons (Fsp3) is 0.350. The first kappa shape index (κ1) is 19.7. The summed E-state index contributed by atoms with van der Waals surface area (Å²) in [7, 11) is 0. The number of rotatable bonds is 7. The van der Waals surface area contributed by atoms with Crippen molar-refractivity contribution < 1.29 is 13.9 Å². The molecule has 30 heavy (non-hydrogen) atoms. The SMILES string of the molecule is C[C@H]1COc2c(NCCCn3ccnc3)c(F)c(N)c3c(=O)c(CC(N)=O)cn1c23. The van der Waals surface area contributed by atoms with E-state index in [1.54, 1.807) is 23.3 Å². The summed E-state index contributed by atoms with van der Waals surface area (Å²) in [6.07, 6.45) is 7.33. The van der Waals surface area contributed by atoms with Gasteiger partial charge in [0.25, 0.3) is 0 Å². The number of carbonyl (C=O) groups excluding carboxylic acids is 1. The normalized spacial score (nSPS) is 15.2. The average Bonchev–Trinajstić information content (AvgIpc) is 3.22. The highest BCUT2D eigenvalue weighted by Gasteiger charge is 2.29. The predicted molar refractivity (Wildman–Crippen MR) is 111 cm³/mol.